The molecule has 0 atom stereocenters. The van der Waals surface area contributed by atoms with E-state index in [0.717, 1.165) is 61.6 Å². The van der Waals surface area contributed by atoms with Crippen molar-refractivity contribution in [1.29, 1.82) is 0 Å². The molecule has 2 heterocycles. The smallest absolute Gasteiger partial charge is 0.0743 e. The Labute approximate surface area is 210 Å². The van der Waals surface area contributed by atoms with E-state index in [0.29, 0.717) is 6.04 Å². The van der Waals surface area contributed by atoms with Crippen LogP contribution in [0.25, 0.3) is 6.08 Å². The summed E-state index contributed by atoms with van der Waals surface area (Å²) in [6.07, 6.45) is 11.1. The number of nitrogens with one attached hydrogen (secondary N) is 2. The largest absolute Gasteiger partial charge is 0.388 e. The van der Waals surface area contributed by atoms with Crippen LogP contribution < -0.4 is 10.6 Å². The molecule has 0 bridgehead atoms. The lowest BCUT2D eigenvalue weighted by Crippen LogP contribution is -2.42. The van der Waals surface area contributed by atoms with E-state index in [1.807, 2.05) is 31.5 Å². The quantitative estimate of drug-likeness (QED) is 0.497. The summed E-state index contributed by atoms with van der Waals surface area (Å²) in [5.74, 6) is 0. The minimum Gasteiger partial charge on any atom is -0.388 e. The van der Waals surface area contributed by atoms with Crippen LogP contribution in [0.15, 0.2) is 82.6 Å². The number of benzene rings is 2. The number of anilines is 1. The second-order valence-corrected chi connectivity index (χ2v) is 9.23. The molecule has 0 aromatic heterocycles. The molecule has 0 radical (unpaired) electrons. The van der Waals surface area contributed by atoms with E-state index in [4.69, 9.17) is 4.99 Å². The van der Waals surface area contributed by atoms with Crippen LogP contribution in [0.5, 0.6) is 0 Å². The van der Waals surface area contributed by atoms with Crippen LogP contribution >= 0.6 is 0 Å². The van der Waals surface area contributed by atoms with E-state index >= 15 is 0 Å². The number of hydrogen-bond donors (Lipinski definition) is 2. The van der Waals surface area contributed by atoms with Gasteiger partial charge in [0.05, 0.1) is 5.71 Å². The second kappa shape index (κ2) is 11.8. The van der Waals surface area contributed by atoms with Gasteiger partial charge in [-0.05, 0) is 54.7 Å². The van der Waals surface area contributed by atoms with E-state index in [-0.39, 0.29) is 0 Å². The predicted molar refractivity (Wildman–Crippen MR) is 150 cm³/mol. The molecule has 0 spiro atoms. The number of rotatable bonds is 8. The number of allylic oxidation sites excluding steroid dienone is 2. The molecule has 1 fully saturated rings. The zero-order chi connectivity index (χ0) is 24.6. The summed E-state index contributed by atoms with van der Waals surface area (Å²) in [7, 11) is 3.74. The third kappa shape index (κ3) is 6.17. The molecule has 182 valence electrons. The first-order valence-corrected chi connectivity index (χ1v) is 12.5. The molecule has 35 heavy (non-hydrogen) atoms. The zero-order valence-corrected chi connectivity index (χ0v) is 21.2. The molecule has 0 amide bonds. The maximum absolute atomic E-state index is 4.94. The van der Waals surface area contributed by atoms with Crippen LogP contribution in [0.4, 0.5) is 5.69 Å². The minimum atomic E-state index is 0.470. The third-order valence-electron chi connectivity index (χ3n) is 6.91. The van der Waals surface area contributed by atoms with Gasteiger partial charge in [0.25, 0.3) is 0 Å². The Morgan fingerprint density at radius 1 is 1.14 bits per heavy atom. The van der Waals surface area contributed by atoms with Crippen molar-refractivity contribution >= 4 is 23.7 Å². The van der Waals surface area contributed by atoms with Gasteiger partial charge in [-0.15, -0.1) is 0 Å². The molecule has 2 aromatic carbocycles. The van der Waals surface area contributed by atoms with E-state index < -0.39 is 0 Å². The fraction of sp³-hybridized carbons (Fsp3) is 0.333. The lowest BCUT2D eigenvalue weighted by atomic mass is 9.98. The fourth-order valence-electron chi connectivity index (χ4n) is 4.88. The summed E-state index contributed by atoms with van der Waals surface area (Å²) < 4.78 is 0. The normalized spacial score (nSPS) is 18.4. The number of nitrogens with zero attached hydrogens (tertiary/aromatic N) is 3. The zero-order valence-electron chi connectivity index (χ0n) is 21.2. The van der Waals surface area contributed by atoms with E-state index in [9.17, 15) is 0 Å². The topological polar surface area (TPSA) is 52.0 Å². The van der Waals surface area contributed by atoms with Gasteiger partial charge in [-0.3, -0.25) is 14.9 Å². The Morgan fingerprint density at radius 3 is 2.69 bits per heavy atom. The van der Waals surface area contributed by atoms with Crippen LogP contribution in [0.3, 0.4) is 0 Å². The second-order valence-electron chi connectivity index (χ2n) is 9.23. The number of piperidine rings is 1. The van der Waals surface area contributed by atoms with Crippen molar-refractivity contribution < 1.29 is 0 Å². The van der Waals surface area contributed by atoms with Crippen LogP contribution in [0.2, 0.25) is 0 Å². The van der Waals surface area contributed by atoms with Gasteiger partial charge in [-0.25, -0.2) is 0 Å². The van der Waals surface area contributed by atoms with Gasteiger partial charge in [-0.2, -0.15) is 0 Å². The Morgan fingerprint density at radius 2 is 1.94 bits per heavy atom. The highest BCUT2D eigenvalue weighted by atomic mass is 15.1. The van der Waals surface area contributed by atoms with Crippen LogP contribution in [-0.2, 0) is 6.54 Å². The summed E-state index contributed by atoms with van der Waals surface area (Å²) in [6.45, 7) is 9.35. The van der Waals surface area contributed by atoms with Gasteiger partial charge < -0.3 is 10.6 Å². The van der Waals surface area contributed by atoms with Crippen molar-refractivity contribution in [3.05, 3.63) is 94.8 Å². The van der Waals surface area contributed by atoms with E-state index in [1.54, 1.807) is 7.05 Å². The molecule has 2 aliphatic rings. The summed E-state index contributed by atoms with van der Waals surface area (Å²) in [5, 5.41) is 7.15. The molecule has 2 N–H and O–H groups in total. The van der Waals surface area contributed by atoms with Gasteiger partial charge in [0.2, 0.25) is 0 Å². The van der Waals surface area contributed by atoms with Gasteiger partial charge in [-0.1, -0.05) is 49.1 Å². The highest BCUT2D eigenvalue weighted by Gasteiger charge is 2.22. The van der Waals surface area contributed by atoms with Gasteiger partial charge in [0, 0.05) is 75.1 Å². The van der Waals surface area contributed by atoms with Crippen molar-refractivity contribution in [2.75, 3.05) is 32.5 Å². The van der Waals surface area contributed by atoms with Crippen molar-refractivity contribution in [2.45, 2.75) is 38.8 Å². The molecule has 0 aliphatic carbocycles. The summed E-state index contributed by atoms with van der Waals surface area (Å²) in [6, 6.07) is 15.3. The first kappa shape index (κ1) is 24.7. The maximum atomic E-state index is 4.94. The van der Waals surface area contributed by atoms with Gasteiger partial charge in [0.1, 0.15) is 0 Å². The summed E-state index contributed by atoms with van der Waals surface area (Å²) in [5.41, 5.74) is 9.41. The van der Waals surface area contributed by atoms with E-state index in [1.165, 1.54) is 22.4 Å². The number of aliphatic imine (C=N–C) groups is 2. The molecule has 0 unspecified atom stereocenters. The maximum Gasteiger partial charge on any atom is 0.0743 e. The SMILES string of the molecule is C=Cc1cccc(CN2CCC(NC3=CC(c4ccccc4NC)=NC(=CC=NC)C3)CC2)c1C. The molecular formula is C30H37N5. The molecule has 2 aromatic rings. The predicted octanol–water partition coefficient (Wildman–Crippen LogP) is 5.60. The summed E-state index contributed by atoms with van der Waals surface area (Å²) >= 11 is 0. The minimum absolute atomic E-state index is 0.470. The standard InChI is InChI=1S/C30H37N5/c1-5-23-9-8-10-24(22(23)2)21-35-17-14-25(15-18-35)33-27-19-26(13-16-31-3)34-30(20-27)28-11-6-7-12-29(28)32-4/h5-13,16,20,25,32-33H,1,14-15,17-19,21H2,2-4H3. The van der Waals surface area contributed by atoms with Crippen molar-refractivity contribution in [3.8, 4) is 0 Å². The third-order valence-corrected chi connectivity index (χ3v) is 6.91. The van der Waals surface area contributed by atoms with E-state index in [2.05, 4.69) is 76.5 Å². The Bertz CT molecular complexity index is 1160. The lowest BCUT2D eigenvalue weighted by molar-refractivity contribution is 0.194. The molecular weight excluding hydrogens is 430 g/mol. The first-order chi connectivity index (χ1) is 17.1. The average Bonchev–Trinajstić information content (AvgIpc) is 2.89. The van der Waals surface area contributed by atoms with Crippen molar-refractivity contribution in [3.63, 3.8) is 0 Å². The van der Waals surface area contributed by atoms with Crippen LogP contribution in [0.1, 0.15) is 41.5 Å². The van der Waals surface area contributed by atoms with Crippen LogP contribution in [0, 0.1) is 6.92 Å². The van der Waals surface area contributed by atoms with Gasteiger partial charge >= 0.3 is 0 Å². The number of hydrogen-bond acceptors (Lipinski definition) is 5. The number of para-hydroxylation sites is 1. The Balaban J connectivity index is 1.43. The van der Waals surface area contributed by atoms with Gasteiger partial charge in [0.15, 0.2) is 0 Å². The average molecular weight is 468 g/mol. The van der Waals surface area contributed by atoms with Crippen LogP contribution in [-0.4, -0.2) is 50.1 Å². The molecule has 1 saturated heterocycles. The monoisotopic (exact) mass is 467 g/mol. The molecule has 0 saturated carbocycles. The van der Waals surface area contributed by atoms with Crippen molar-refractivity contribution in [2.24, 2.45) is 9.98 Å². The Hall–Kier alpha value is -3.44. The number of dihydropyridines is 1. The first-order valence-electron chi connectivity index (χ1n) is 12.5. The Kier molecular flexibility index (Phi) is 8.32. The fourth-order valence-corrected chi connectivity index (χ4v) is 4.88. The molecule has 5 nitrogen and oxygen atoms in total. The highest BCUT2D eigenvalue weighted by Crippen LogP contribution is 2.25. The van der Waals surface area contributed by atoms with Crippen molar-refractivity contribution in [1.82, 2.24) is 10.2 Å². The molecule has 2 aliphatic heterocycles. The lowest BCUT2D eigenvalue weighted by Gasteiger charge is -2.34. The highest BCUT2D eigenvalue weighted by molar-refractivity contribution is 6.13. The molecule has 4 rings (SSSR count). The molecule has 5 heteroatoms. The number of likely N-dealkylation sites (tertiary alicyclic amines) is 1. The summed E-state index contributed by atoms with van der Waals surface area (Å²) in [4.78, 5) is 11.6.